The van der Waals surface area contributed by atoms with Gasteiger partial charge in [0, 0.05) is 13.5 Å². The van der Waals surface area contributed by atoms with Crippen LogP contribution in [0.1, 0.15) is 84.0 Å². The second-order valence-corrected chi connectivity index (χ2v) is 9.17. The Hall–Kier alpha value is 0.0900. The molecule has 8 heteroatoms. The first-order valence-electron chi connectivity index (χ1n) is 9.75. The van der Waals surface area contributed by atoms with Gasteiger partial charge in [-0.1, -0.05) is 71.1 Å². The van der Waals surface area contributed by atoms with Crippen LogP contribution in [0.2, 0.25) is 0 Å². The molecular weight excluding hydrogens is 375 g/mol. The third kappa shape index (κ3) is 18.9. The van der Waals surface area contributed by atoms with Crippen molar-refractivity contribution in [3.8, 4) is 0 Å². The van der Waals surface area contributed by atoms with Crippen LogP contribution in [-0.2, 0) is 31.0 Å². The van der Waals surface area contributed by atoms with Gasteiger partial charge in [0.25, 0.3) is 0 Å². The van der Waals surface area contributed by atoms with E-state index in [0.29, 0.717) is 6.42 Å². The monoisotopic (exact) mass is 411 g/mol. The predicted octanol–water partition coefficient (Wildman–Crippen LogP) is 3.84. The van der Waals surface area contributed by atoms with E-state index in [2.05, 4.69) is 23.7 Å². The Labute approximate surface area is 164 Å². The van der Waals surface area contributed by atoms with Crippen molar-refractivity contribution in [2.24, 2.45) is 0 Å². The number of carbonyl (C=O) groups excluding carboxylic acids is 1. The van der Waals surface area contributed by atoms with Crippen molar-refractivity contribution in [3.63, 3.8) is 0 Å². The van der Waals surface area contributed by atoms with Crippen molar-refractivity contribution >= 4 is 25.4 Å². The smallest absolute Gasteiger partial charge is 0.305 e. The lowest BCUT2D eigenvalue weighted by Gasteiger charge is -2.28. The first-order chi connectivity index (χ1) is 12.4. The van der Waals surface area contributed by atoms with E-state index in [-0.39, 0.29) is 19.2 Å². The molecule has 1 N–H and O–H groups in total. The zero-order valence-corrected chi connectivity index (χ0v) is 18.0. The normalized spacial score (nSPS) is 14.8. The zero-order chi connectivity index (χ0) is 19.7. The summed E-state index contributed by atoms with van der Waals surface area (Å²) in [6.45, 7) is 2.04. The topological polar surface area (TPSA) is 88.1 Å². The minimum atomic E-state index is -3.96. The fourth-order valence-electron chi connectivity index (χ4n) is 2.55. The summed E-state index contributed by atoms with van der Waals surface area (Å²) in [7, 11) is -2.54. The number of ether oxygens (including phenoxy) is 2. The van der Waals surface area contributed by atoms with Crippen molar-refractivity contribution in [1.29, 1.82) is 0 Å². The van der Waals surface area contributed by atoms with Crippen molar-refractivity contribution in [2.45, 2.75) is 90.1 Å². The fourth-order valence-corrected chi connectivity index (χ4v) is 3.09. The molecule has 0 radical (unpaired) electrons. The molecule has 0 aromatic heterocycles. The van der Waals surface area contributed by atoms with E-state index in [9.17, 15) is 9.69 Å². The van der Waals surface area contributed by atoms with Crippen molar-refractivity contribution < 1.29 is 28.6 Å². The molecule has 156 valence electrons. The summed E-state index contributed by atoms with van der Waals surface area (Å²) in [5, 5.41) is 0. The molecule has 0 aliphatic rings. The number of esters is 1. The summed E-state index contributed by atoms with van der Waals surface area (Å²) in [6.07, 6.45) is 13.3. The maximum absolute atomic E-state index is 11.7. The molecule has 0 aliphatic carbocycles. The van der Waals surface area contributed by atoms with Gasteiger partial charge < -0.3 is 26.6 Å². The van der Waals surface area contributed by atoms with Crippen LogP contribution < -0.4 is 4.89 Å². The molecule has 0 aromatic carbocycles. The first-order valence-corrected chi connectivity index (χ1v) is 12.3. The van der Waals surface area contributed by atoms with Gasteiger partial charge in [-0.05, 0) is 6.42 Å². The van der Waals surface area contributed by atoms with E-state index in [0.717, 1.165) is 19.3 Å². The van der Waals surface area contributed by atoms with Crippen LogP contribution in [0.25, 0.3) is 0 Å². The van der Waals surface area contributed by atoms with Crippen LogP contribution in [0.5, 0.6) is 0 Å². The molecule has 6 nitrogen and oxygen atoms in total. The van der Waals surface area contributed by atoms with Gasteiger partial charge in [-0.3, -0.25) is 4.79 Å². The summed E-state index contributed by atoms with van der Waals surface area (Å²) < 4.78 is 14.7. The molecule has 0 saturated heterocycles. The minimum Gasteiger partial charge on any atom is -0.649 e. The van der Waals surface area contributed by atoms with Crippen LogP contribution in [0.3, 0.4) is 0 Å². The molecule has 0 saturated carbocycles. The van der Waals surface area contributed by atoms with E-state index in [1.165, 1.54) is 58.5 Å². The summed E-state index contributed by atoms with van der Waals surface area (Å²) >= 11 is 4.24. The SMILES string of the molecule is CCCCCCCCCCCCCC(=O)OCC(CO[P+]([O-])(O)[S-])OC. The average molecular weight is 412 g/mol. The van der Waals surface area contributed by atoms with E-state index in [1.54, 1.807) is 0 Å². The van der Waals surface area contributed by atoms with Gasteiger partial charge in [0.1, 0.15) is 26.5 Å². The first kappa shape index (κ1) is 26.1. The third-order valence-corrected chi connectivity index (χ3v) is 4.96. The van der Waals surface area contributed by atoms with E-state index >= 15 is 0 Å². The minimum absolute atomic E-state index is 0.0112. The summed E-state index contributed by atoms with van der Waals surface area (Å²) in [6, 6.07) is 0. The second-order valence-electron chi connectivity index (χ2n) is 6.59. The molecule has 26 heavy (non-hydrogen) atoms. The Kier molecular flexibility index (Phi) is 17.3. The summed E-state index contributed by atoms with van der Waals surface area (Å²) in [4.78, 5) is 31.5. The fraction of sp³-hybridized carbons (Fsp3) is 0.944. The van der Waals surface area contributed by atoms with Crippen molar-refractivity contribution in [1.82, 2.24) is 0 Å². The maximum Gasteiger partial charge on any atom is 0.305 e. The second kappa shape index (κ2) is 17.2. The van der Waals surface area contributed by atoms with Crippen LogP contribution in [0.15, 0.2) is 0 Å². The van der Waals surface area contributed by atoms with Gasteiger partial charge in [-0.2, -0.15) is 0 Å². The molecule has 0 rings (SSSR count). The van der Waals surface area contributed by atoms with Gasteiger partial charge >= 0.3 is 5.97 Å². The highest BCUT2D eigenvalue weighted by atomic mass is 32.7. The predicted molar refractivity (Wildman–Crippen MR) is 105 cm³/mol. The lowest BCUT2D eigenvalue weighted by Crippen LogP contribution is -2.27. The molecule has 0 bridgehead atoms. The molecule has 2 unspecified atom stereocenters. The Morgan fingerprint density at radius 3 is 1.96 bits per heavy atom. The molecule has 0 fully saturated rings. The Morgan fingerprint density at radius 1 is 1.00 bits per heavy atom. The standard InChI is InChI=1S/C18H37O6PS/c1-3-4-5-6-7-8-9-10-11-12-13-14-18(19)23-15-17(22-2)16-24-25(20,21)26/h17H,3-16H2,1-2H3,(H2,20,21,26)/p-1. The lowest BCUT2D eigenvalue weighted by molar-refractivity contribution is -0.206. The summed E-state index contributed by atoms with van der Waals surface area (Å²) in [5.74, 6) is -0.284. The number of unbranched alkanes of at least 4 members (excludes halogenated alkanes) is 10. The molecular formula is C18H36O6PS-. The highest BCUT2D eigenvalue weighted by molar-refractivity contribution is 8.34. The van der Waals surface area contributed by atoms with E-state index in [1.807, 2.05) is 0 Å². The summed E-state index contributed by atoms with van der Waals surface area (Å²) in [5.41, 5.74) is 0. The van der Waals surface area contributed by atoms with Crippen LogP contribution in [0, 0.1) is 0 Å². The quantitative estimate of drug-likeness (QED) is 0.159. The zero-order valence-electron chi connectivity index (χ0n) is 16.3. The van der Waals surface area contributed by atoms with Gasteiger partial charge in [0.15, 0.2) is 0 Å². The largest absolute Gasteiger partial charge is 0.649 e. The van der Waals surface area contributed by atoms with Gasteiger partial charge in [0.2, 0.25) is 0 Å². The van der Waals surface area contributed by atoms with Crippen LogP contribution >= 0.6 is 7.15 Å². The number of rotatable bonds is 18. The highest BCUT2D eigenvalue weighted by Gasteiger charge is 2.16. The van der Waals surface area contributed by atoms with Crippen molar-refractivity contribution in [3.05, 3.63) is 0 Å². The van der Waals surface area contributed by atoms with Crippen LogP contribution in [0.4, 0.5) is 0 Å². The number of methoxy groups -OCH3 is 1. The van der Waals surface area contributed by atoms with E-state index in [4.69, 9.17) is 14.4 Å². The molecule has 0 spiro atoms. The molecule has 0 aliphatic heterocycles. The number of hydrogen-bond donors (Lipinski definition) is 1. The van der Waals surface area contributed by atoms with Gasteiger partial charge in [-0.25, -0.2) is 9.42 Å². The van der Waals surface area contributed by atoms with E-state index < -0.39 is 13.2 Å². The maximum atomic E-state index is 11.7. The molecule has 2 atom stereocenters. The number of hydrogen-bond acceptors (Lipinski definition) is 7. The average Bonchev–Trinajstić information content (AvgIpc) is 2.59. The van der Waals surface area contributed by atoms with Crippen molar-refractivity contribution in [2.75, 3.05) is 20.3 Å². The lowest BCUT2D eigenvalue weighted by atomic mass is 10.1. The highest BCUT2D eigenvalue weighted by Crippen LogP contribution is 2.42. The van der Waals surface area contributed by atoms with Gasteiger partial charge in [-0.15, -0.1) is 0 Å². The molecule has 0 heterocycles. The Bertz CT molecular complexity index is 338. The van der Waals surface area contributed by atoms with Gasteiger partial charge in [0.05, 0.1) is 0 Å². The third-order valence-electron chi connectivity index (χ3n) is 4.17. The molecule has 0 aromatic rings. The van der Waals surface area contributed by atoms with Crippen LogP contribution in [-0.4, -0.2) is 37.3 Å². The Morgan fingerprint density at radius 2 is 1.50 bits per heavy atom. The molecule has 0 amide bonds. The number of carbonyl (C=O) groups is 1. The Balaban J connectivity index is 3.48.